The van der Waals surface area contributed by atoms with Gasteiger partial charge in [-0.05, 0) is 34.1 Å². The van der Waals surface area contributed by atoms with Gasteiger partial charge in [-0.1, -0.05) is 20.8 Å². The smallest absolute Gasteiger partial charge is 0.116 e. The summed E-state index contributed by atoms with van der Waals surface area (Å²) in [5, 5.41) is 10.5. The maximum absolute atomic E-state index is 9.43. The zero-order chi connectivity index (χ0) is 11.2. The minimum Gasteiger partial charge on any atom is -0.508 e. The zero-order valence-electron chi connectivity index (χ0n) is 9.06. The molecule has 0 bridgehead atoms. The van der Waals surface area contributed by atoms with Gasteiger partial charge in [-0.15, -0.1) is 0 Å². The Morgan fingerprint density at radius 3 is 2.53 bits per heavy atom. The molecule has 1 heterocycles. The van der Waals surface area contributed by atoms with Crippen LogP contribution in [0.15, 0.2) is 22.7 Å². The normalized spacial score (nSPS) is 12.3. The molecular formula is C12H14BrNO. The molecule has 0 spiro atoms. The quantitative estimate of drug-likeness (QED) is 0.746. The summed E-state index contributed by atoms with van der Waals surface area (Å²) in [6, 6.07) is 5.35. The molecule has 0 amide bonds. The summed E-state index contributed by atoms with van der Waals surface area (Å²) in [7, 11) is 0. The number of benzene rings is 1. The maximum Gasteiger partial charge on any atom is 0.116 e. The van der Waals surface area contributed by atoms with E-state index in [0.29, 0.717) is 5.75 Å². The van der Waals surface area contributed by atoms with Gasteiger partial charge in [-0.3, -0.25) is 0 Å². The monoisotopic (exact) mass is 267 g/mol. The molecule has 2 rings (SSSR count). The lowest BCUT2D eigenvalue weighted by Gasteiger charge is -2.17. The first-order valence-corrected chi connectivity index (χ1v) is 5.69. The molecule has 3 heteroatoms. The van der Waals surface area contributed by atoms with Gasteiger partial charge in [-0.2, -0.15) is 0 Å². The predicted octanol–water partition coefficient (Wildman–Crippen LogP) is 3.93. The van der Waals surface area contributed by atoms with Crippen molar-refractivity contribution in [2.45, 2.75) is 26.2 Å². The average molecular weight is 268 g/mol. The molecule has 0 aliphatic heterocycles. The van der Waals surface area contributed by atoms with Crippen LogP contribution >= 0.6 is 15.9 Å². The summed E-state index contributed by atoms with van der Waals surface area (Å²) >= 11 is 3.58. The van der Waals surface area contributed by atoms with Crippen LogP contribution in [0.25, 0.3) is 10.9 Å². The standard InChI is InChI=1S/C12H14BrNO/c1-12(2,3)11-10(13)8-6-7(15)4-5-9(8)14-11/h4-6,14-15H,1-3H3. The second kappa shape index (κ2) is 3.27. The molecule has 0 aliphatic carbocycles. The fourth-order valence-corrected chi connectivity index (χ4v) is 2.69. The van der Waals surface area contributed by atoms with E-state index in [1.807, 2.05) is 6.07 Å². The highest BCUT2D eigenvalue weighted by molar-refractivity contribution is 9.10. The van der Waals surface area contributed by atoms with Crippen molar-refractivity contribution >= 4 is 26.8 Å². The van der Waals surface area contributed by atoms with Gasteiger partial charge in [0, 0.05) is 26.5 Å². The second-order valence-corrected chi connectivity index (χ2v) is 5.59. The molecule has 2 nitrogen and oxygen atoms in total. The molecule has 0 saturated carbocycles. The Morgan fingerprint density at radius 2 is 1.93 bits per heavy atom. The number of aromatic hydroxyl groups is 1. The summed E-state index contributed by atoms with van der Waals surface area (Å²) in [4.78, 5) is 3.37. The van der Waals surface area contributed by atoms with Gasteiger partial charge >= 0.3 is 0 Å². The van der Waals surface area contributed by atoms with Crippen LogP contribution in [0.4, 0.5) is 0 Å². The number of fused-ring (bicyclic) bond motifs is 1. The summed E-state index contributed by atoms with van der Waals surface area (Å²) in [5.41, 5.74) is 2.26. The van der Waals surface area contributed by atoms with Gasteiger partial charge in [0.25, 0.3) is 0 Å². The molecule has 80 valence electrons. The van der Waals surface area contributed by atoms with Gasteiger partial charge in [0.05, 0.1) is 0 Å². The van der Waals surface area contributed by atoms with E-state index in [4.69, 9.17) is 0 Å². The highest BCUT2D eigenvalue weighted by Crippen LogP contribution is 2.36. The summed E-state index contributed by atoms with van der Waals surface area (Å²) in [5.74, 6) is 0.294. The largest absolute Gasteiger partial charge is 0.508 e. The molecule has 15 heavy (non-hydrogen) atoms. The van der Waals surface area contributed by atoms with Crippen LogP contribution in [0.5, 0.6) is 5.75 Å². The van der Waals surface area contributed by atoms with Crippen molar-refractivity contribution in [1.29, 1.82) is 0 Å². The molecule has 0 saturated heterocycles. The lowest BCUT2D eigenvalue weighted by molar-refractivity contribution is 0.476. The fraction of sp³-hybridized carbons (Fsp3) is 0.333. The van der Waals surface area contributed by atoms with E-state index >= 15 is 0 Å². The zero-order valence-corrected chi connectivity index (χ0v) is 10.6. The van der Waals surface area contributed by atoms with Crippen molar-refractivity contribution in [1.82, 2.24) is 4.98 Å². The van der Waals surface area contributed by atoms with E-state index in [9.17, 15) is 5.11 Å². The number of H-pyrrole nitrogens is 1. The average Bonchev–Trinajstić information content (AvgIpc) is 2.43. The minimum atomic E-state index is 0.0630. The number of rotatable bonds is 0. The number of aromatic amines is 1. The number of phenolic OH excluding ortho intramolecular Hbond substituents is 1. The van der Waals surface area contributed by atoms with Crippen LogP contribution in [0, 0.1) is 0 Å². The van der Waals surface area contributed by atoms with E-state index in [0.717, 1.165) is 21.1 Å². The van der Waals surface area contributed by atoms with E-state index in [-0.39, 0.29) is 5.41 Å². The first kappa shape index (κ1) is 10.6. The van der Waals surface area contributed by atoms with Gasteiger partial charge in [-0.25, -0.2) is 0 Å². The first-order valence-electron chi connectivity index (χ1n) is 4.90. The molecule has 0 unspecified atom stereocenters. The Bertz CT molecular complexity index is 508. The number of hydrogen-bond donors (Lipinski definition) is 2. The predicted molar refractivity (Wildman–Crippen MR) is 66.4 cm³/mol. The maximum atomic E-state index is 9.43. The van der Waals surface area contributed by atoms with Gasteiger partial charge in [0.2, 0.25) is 0 Å². The van der Waals surface area contributed by atoms with Crippen molar-refractivity contribution in [3.8, 4) is 5.75 Å². The van der Waals surface area contributed by atoms with Crippen LogP contribution in [0.3, 0.4) is 0 Å². The number of nitrogens with one attached hydrogen (secondary N) is 1. The first-order chi connectivity index (χ1) is 6.89. The van der Waals surface area contributed by atoms with Gasteiger partial charge in [0.1, 0.15) is 5.75 Å². The summed E-state index contributed by atoms with van der Waals surface area (Å²) in [6.07, 6.45) is 0. The second-order valence-electron chi connectivity index (χ2n) is 4.79. The van der Waals surface area contributed by atoms with Crippen LogP contribution in [0.2, 0.25) is 0 Å². The van der Waals surface area contributed by atoms with Gasteiger partial charge in [0.15, 0.2) is 0 Å². The summed E-state index contributed by atoms with van der Waals surface area (Å²) < 4.78 is 1.04. The van der Waals surface area contributed by atoms with Crippen molar-refractivity contribution in [2.24, 2.45) is 0 Å². The van der Waals surface area contributed by atoms with Crippen molar-refractivity contribution in [3.63, 3.8) is 0 Å². The van der Waals surface area contributed by atoms with Crippen molar-refractivity contribution in [2.75, 3.05) is 0 Å². The highest BCUT2D eigenvalue weighted by atomic mass is 79.9. The Kier molecular flexibility index (Phi) is 2.30. The van der Waals surface area contributed by atoms with Crippen LogP contribution in [0.1, 0.15) is 26.5 Å². The molecule has 0 radical (unpaired) electrons. The van der Waals surface area contributed by atoms with Crippen LogP contribution in [-0.2, 0) is 5.41 Å². The van der Waals surface area contributed by atoms with E-state index in [2.05, 4.69) is 41.7 Å². The van der Waals surface area contributed by atoms with E-state index in [1.165, 1.54) is 0 Å². The molecule has 2 N–H and O–H groups in total. The van der Waals surface area contributed by atoms with E-state index < -0.39 is 0 Å². The Morgan fingerprint density at radius 1 is 1.27 bits per heavy atom. The third-order valence-corrected chi connectivity index (χ3v) is 3.29. The molecule has 0 aliphatic rings. The molecule has 1 aromatic heterocycles. The number of hydrogen-bond acceptors (Lipinski definition) is 1. The molecule has 2 aromatic rings. The topological polar surface area (TPSA) is 36.0 Å². The number of halogens is 1. The van der Waals surface area contributed by atoms with Crippen LogP contribution < -0.4 is 0 Å². The fourth-order valence-electron chi connectivity index (χ4n) is 1.66. The lowest BCUT2D eigenvalue weighted by atomic mass is 9.92. The third-order valence-electron chi connectivity index (χ3n) is 2.47. The van der Waals surface area contributed by atoms with Crippen molar-refractivity contribution < 1.29 is 5.11 Å². The minimum absolute atomic E-state index is 0.0630. The van der Waals surface area contributed by atoms with Crippen molar-refractivity contribution in [3.05, 3.63) is 28.4 Å². The Balaban J connectivity index is 2.76. The molecule has 1 aromatic carbocycles. The summed E-state index contributed by atoms with van der Waals surface area (Å²) in [6.45, 7) is 6.47. The lowest BCUT2D eigenvalue weighted by Crippen LogP contribution is -2.12. The SMILES string of the molecule is CC(C)(C)c1[nH]c2ccc(O)cc2c1Br. The third kappa shape index (κ3) is 1.76. The molecular weight excluding hydrogens is 254 g/mol. The Labute approximate surface area is 97.4 Å². The highest BCUT2D eigenvalue weighted by Gasteiger charge is 2.21. The molecule has 0 atom stereocenters. The van der Waals surface area contributed by atoms with Crippen LogP contribution in [-0.4, -0.2) is 10.1 Å². The number of phenols is 1. The Hall–Kier alpha value is -0.960. The number of aromatic nitrogens is 1. The molecule has 0 fully saturated rings. The van der Waals surface area contributed by atoms with E-state index in [1.54, 1.807) is 12.1 Å². The van der Waals surface area contributed by atoms with Gasteiger partial charge < -0.3 is 10.1 Å².